The Kier molecular flexibility index (Phi) is 3.84. The molecule has 5 heteroatoms. The van der Waals surface area contributed by atoms with Crippen LogP contribution in [-0.4, -0.2) is 22.0 Å². The van der Waals surface area contributed by atoms with Crippen molar-refractivity contribution in [2.24, 2.45) is 5.73 Å². The summed E-state index contributed by atoms with van der Waals surface area (Å²) in [6, 6.07) is 5.79. The molecule has 0 aromatic carbocycles. The molecule has 92 valence electrons. The van der Waals surface area contributed by atoms with Gasteiger partial charge in [-0.05, 0) is 23.8 Å². The lowest BCUT2D eigenvalue weighted by atomic mass is 10.2. The van der Waals surface area contributed by atoms with Gasteiger partial charge in [-0.2, -0.15) is 0 Å². The summed E-state index contributed by atoms with van der Waals surface area (Å²) in [6.07, 6.45) is 7.02. The van der Waals surface area contributed by atoms with E-state index in [9.17, 15) is 0 Å². The Morgan fingerprint density at radius 1 is 1.22 bits per heavy atom. The number of rotatable bonds is 4. The van der Waals surface area contributed by atoms with Gasteiger partial charge in [0.05, 0.1) is 11.9 Å². The van der Waals surface area contributed by atoms with E-state index in [2.05, 4.69) is 14.9 Å². The van der Waals surface area contributed by atoms with Gasteiger partial charge in [-0.25, -0.2) is 0 Å². The molecule has 0 fully saturated rings. The number of nitrogens with two attached hydrogens (primary N) is 1. The first-order valence-corrected chi connectivity index (χ1v) is 5.93. The summed E-state index contributed by atoms with van der Waals surface area (Å²) >= 11 is 5.05. The largest absolute Gasteiger partial charge is 0.389 e. The Morgan fingerprint density at radius 2 is 1.89 bits per heavy atom. The van der Waals surface area contributed by atoms with E-state index in [1.54, 1.807) is 24.8 Å². The molecule has 0 saturated carbocycles. The van der Waals surface area contributed by atoms with Gasteiger partial charge in [-0.1, -0.05) is 12.2 Å². The van der Waals surface area contributed by atoms with E-state index in [0.717, 1.165) is 17.8 Å². The average Bonchev–Trinajstić information content (AvgIpc) is 2.40. The lowest BCUT2D eigenvalue weighted by molar-refractivity contribution is 0.913. The number of pyridine rings is 2. The number of hydrogen-bond donors (Lipinski definition) is 1. The zero-order chi connectivity index (χ0) is 13.0. The molecular weight excluding hydrogens is 244 g/mol. The molecule has 0 aliphatic heterocycles. The van der Waals surface area contributed by atoms with Crippen molar-refractivity contribution in [3.05, 3.63) is 54.1 Å². The van der Waals surface area contributed by atoms with Crippen LogP contribution in [0.25, 0.3) is 0 Å². The number of aromatic nitrogens is 2. The minimum absolute atomic E-state index is 0.383. The lowest BCUT2D eigenvalue weighted by Crippen LogP contribution is -2.21. The molecule has 4 nitrogen and oxygen atoms in total. The van der Waals surface area contributed by atoms with Crippen LogP contribution in [0, 0.1) is 0 Å². The Bertz CT molecular complexity index is 542. The molecule has 0 bridgehead atoms. The molecule has 0 unspecified atom stereocenters. The molecule has 2 heterocycles. The van der Waals surface area contributed by atoms with Crippen molar-refractivity contribution in [3.63, 3.8) is 0 Å². The minimum Gasteiger partial charge on any atom is -0.389 e. The first-order chi connectivity index (χ1) is 8.68. The fourth-order valence-electron chi connectivity index (χ4n) is 1.75. The zero-order valence-corrected chi connectivity index (χ0v) is 10.9. The van der Waals surface area contributed by atoms with E-state index in [1.165, 1.54) is 5.56 Å². The third kappa shape index (κ3) is 2.81. The van der Waals surface area contributed by atoms with E-state index >= 15 is 0 Å². The maximum atomic E-state index is 5.71. The quantitative estimate of drug-likeness (QED) is 0.847. The molecule has 18 heavy (non-hydrogen) atoms. The van der Waals surface area contributed by atoms with E-state index < -0.39 is 0 Å². The molecule has 2 rings (SSSR count). The Hall–Kier alpha value is -2.01. The summed E-state index contributed by atoms with van der Waals surface area (Å²) in [5.74, 6) is 0. The molecule has 0 atom stereocenters. The summed E-state index contributed by atoms with van der Waals surface area (Å²) in [5.41, 5.74) is 8.66. The highest BCUT2D eigenvalue weighted by atomic mass is 32.1. The Balaban J connectivity index is 2.24. The van der Waals surface area contributed by atoms with E-state index in [0.29, 0.717) is 4.99 Å². The van der Waals surface area contributed by atoms with E-state index in [-0.39, 0.29) is 0 Å². The fourth-order valence-corrected chi connectivity index (χ4v) is 1.92. The highest BCUT2D eigenvalue weighted by Crippen LogP contribution is 2.19. The van der Waals surface area contributed by atoms with Crippen molar-refractivity contribution >= 4 is 22.9 Å². The van der Waals surface area contributed by atoms with Crippen LogP contribution in [0.2, 0.25) is 0 Å². The number of nitrogens with zero attached hydrogens (tertiary/aromatic N) is 3. The number of anilines is 1. The molecule has 0 aliphatic carbocycles. The monoisotopic (exact) mass is 258 g/mol. The smallest absolute Gasteiger partial charge is 0.106 e. The summed E-state index contributed by atoms with van der Waals surface area (Å²) in [4.78, 5) is 10.6. The van der Waals surface area contributed by atoms with Crippen LogP contribution in [0.1, 0.15) is 11.1 Å². The van der Waals surface area contributed by atoms with Gasteiger partial charge >= 0.3 is 0 Å². The predicted octanol–water partition coefficient (Wildman–Crippen LogP) is 1.75. The van der Waals surface area contributed by atoms with Crippen LogP contribution in [0.5, 0.6) is 0 Å². The van der Waals surface area contributed by atoms with Gasteiger partial charge in [0.15, 0.2) is 0 Å². The van der Waals surface area contributed by atoms with Crippen LogP contribution >= 0.6 is 12.2 Å². The Morgan fingerprint density at radius 3 is 2.56 bits per heavy atom. The third-order valence-corrected chi connectivity index (χ3v) is 2.87. The molecule has 0 amide bonds. The summed E-state index contributed by atoms with van der Waals surface area (Å²) in [6.45, 7) is 0.754. The number of hydrogen-bond acceptors (Lipinski definition) is 4. The van der Waals surface area contributed by atoms with Crippen molar-refractivity contribution in [2.45, 2.75) is 6.54 Å². The molecule has 0 radical (unpaired) electrons. The maximum absolute atomic E-state index is 5.71. The van der Waals surface area contributed by atoms with Crippen LogP contribution in [-0.2, 0) is 6.54 Å². The highest BCUT2D eigenvalue weighted by Gasteiger charge is 2.09. The summed E-state index contributed by atoms with van der Waals surface area (Å²) < 4.78 is 0. The molecule has 2 N–H and O–H groups in total. The number of thiocarbonyl (C=S) groups is 1. The predicted molar refractivity (Wildman–Crippen MR) is 76.5 cm³/mol. The van der Waals surface area contributed by atoms with Crippen molar-refractivity contribution < 1.29 is 0 Å². The normalized spacial score (nSPS) is 10.1. The van der Waals surface area contributed by atoms with Crippen LogP contribution in [0.4, 0.5) is 5.69 Å². The van der Waals surface area contributed by atoms with E-state index in [4.69, 9.17) is 18.0 Å². The second kappa shape index (κ2) is 5.55. The fraction of sp³-hybridized carbons (Fsp3) is 0.154. The van der Waals surface area contributed by atoms with Crippen molar-refractivity contribution in [2.75, 3.05) is 11.9 Å². The molecule has 0 spiro atoms. The molecule has 2 aromatic heterocycles. The zero-order valence-electron chi connectivity index (χ0n) is 10.1. The second-order valence-corrected chi connectivity index (χ2v) is 4.41. The minimum atomic E-state index is 0.383. The molecule has 0 saturated heterocycles. The SMILES string of the molecule is CN(Cc1ccncc1)c1cnccc1C(N)=S. The molecule has 2 aromatic rings. The van der Waals surface area contributed by atoms with Gasteiger partial charge in [-0.15, -0.1) is 0 Å². The van der Waals surface area contributed by atoms with Gasteiger partial charge in [0, 0.05) is 37.7 Å². The van der Waals surface area contributed by atoms with Gasteiger partial charge < -0.3 is 10.6 Å². The van der Waals surface area contributed by atoms with Gasteiger partial charge in [0.2, 0.25) is 0 Å². The van der Waals surface area contributed by atoms with Crippen LogP contribution in [0.15, 0.2) is 43.0 Å². The van der Waals surface area contributed by atoms with Gasteiger partial charge in [0.1, 0.15) is 4.99 Å². The second-order valence-electron chi connectivity index (χ2n) is 3.97. The maximum Gasteiger partial charge on any atom is 0.106 e. The van der Waals surface area contributed by atoms with Crippen molar-refractivity contribution in [3.8, 4) is 0 Å². The average molecular weight is 258 g/mol. The van der Waals surface area contributed by atoms with Gasteiger partial charge in [-0.3, -0.25) is 9.97 Å². The topological polar surface area (TPSA) is 55.0 Å². The first kappa shape index (κ1) is 12.4. The first-order valence-electron chi connectivity index (χ1n) is 5.52. The molecule has 0 aliphatic rings. The van der Waals surface area contributed by atoms with Crippen LogP contribution < -0.4 is 10.6 Å². The van der Waals surface area contributed by atoms with E-state index in [1.807, 2.05) is 25.2 Å². The molecular formula is C13H14N4S. The van der Waals surface area contributed by atoms with Gasteiger partial charge in [0.25, 0.3) is 0 Å². The summed E-state index contributed by atoms with van der Waals surface area (Å²) in [7, 11) is 1.99. The summed E-state index contributed by atoms with van der Waals surface area (Å²) in [5, 5.41) is 0. The van der Waals surface area contributed by atoms with Crippen molar-refractivity contribution in [1.29, 1.82) is 0 Å². The van der Waals surface area contributed by atoms with Crippen molar-refractivity contribution in [1.82, 2.24) is 9.97 Å². The lowest BCUT2D eigenvalue weighted by Gasteiger charge is -2.21. The Labute approximate surface area is 111 Å². The highest BCUT2D eigenvalue weighted by molar-refractivity contribution is 7.80. The van der Waals surface area contributed by atoms with Crippen LogP contribution in [0.3, 0.4) is 0 Å². The third-order valence-electron chi connectivity index (χ3n) is 2.65. The standard InChI is InChI=1S/C13H14N4S/c1-17(9-10-2-5-15-6-3-10)12-8-16-7-4-11(12)13(14)18/h2-8H,9H2,1H3,(H2,14,18).